The third kappa shape index (κ3) is 3.38. The average molecular weight is 192 g/mol. The van der Waals surface area contributed by atoms with Crippen molar-refractivity contribution in [2.75, 3.05) is 11.9 Å². The fraction of sp³-hybridized carbons (Fsp3) is 0.500. The molecule has 1 unspecified atom stereocenters. The molecule has 0 aromatic heterocycles. The van der Waals surface area contributed by atoms with Gasteiger partial charge in [-0.05, 0) is 44.0 Å². The number of rotatable bonds is 5. The normalized spacial score (nSPS) is 12.5. The number of nitrogens with two attached hydrogens (primary N) is 1. The Bertz CT molecular complexity index is 254. The summed E-state index contributed by atoms with van der Waals surface area (Å²) in [5.41, 5.74) is 8.05. The van der Waals surface area contributed by atoms with Gasteiger partial charge in [0.1, 0.15) is 0 Å². The fourth-order valence-corrected chi connectivity index (χ4v) is 1.44. The molecular formula is C12H20N2. The lowest BCUT2D eigenvalue weighted by molar-refractivity contribution is 0.717. The molecule has 0 aliphatic heterocycles. The lowest BCUT2D eigenvalue weighted by atomic mass is 10.1. The predicted molar refractivity (Wildman–Crippen MR) is 62.6 cm³/mol. The van der Waals surface area contributed by atoms with E-state index in [1.165, 1.54) is 11.3 Å². The summed E-state index contributed by atoms with van der Waals surface area (Å²) in [6.45, 7) is 5.06. The highest BCUT2D eigenvalue weighted by atomic mass is 14.9. The van der Waals surface area contributed by atoms with Crippen LogP contribution in [-0.2, 0) is 6.42 Å². The minimum absolute atomic E-state index is 0.451. The van der Waals surface area contributed by atoms with Gasteiger partial charge in [-0.25, -0.2) is 0 Å². The molecule has 0 heterocycles. The number of anilines is 1. The Hall–Kier alpha value is -1.02. The second kappa shape index (κ2) is 5.66. The predicted octanol–water partition coefficient (Wildman–Crippen LogP) is 2.40. The molecule has 14 heavy (non-hydrogen) atoms. The van der Waals surface area contributed by atoms with Crippen molar-refractivity contribution in [2.24, 2.45) is 5.73 Å². The minimum Gasteiger partial charge on any atom is -0.383 e. The van der Waals surface area contributed by atoms with Gasteiger partial charge in [0.05, 0.1) is 0 Å². The summed E-state index contributed by atoms with van der Waals surface area (Å²) in [5.74, 6) is 0. The fourth-order valence-electron chi connectivity index (χ4n) is 1.44. The first-order chi connectivity index (χ1) is 6.76. The monoisotopic (exact) mass is 192 g/mol. The summed E-state index contributed by atoms with van der Waals surface area (Å²) in [5, 5.41) is 3.41. The molecule has 78 valence electrons. The van der Waals surface area contributed by atoms with Gasteiger partial charge in [0, 0.05) is 11.7 Å². The standard InChI is InChI=1S/C12H20N2/c1-3-11-4-6-12(7-5-11)14-10(2)8-9-13/h4-7,10,14H,3,8-9,13H2,1-2H3. The van der Waals surface area contributed by atoms with Gasteiger partial charge in [0.15, 0.2) is 0 Å². The smallest absolute Gasteiger partial charge is 0.0342 e. The minimum atomic E-state index is 0.451. The molecule has 0 fully saturated rings. The van der Waals surface area contributed by atoms with Crippen LogP contribution in [0.15, 0.2) is 24.3 Å². The molecule has 0 bridgehead atoms. The van der Waals surface area contributed by atoms with Gasteiger partial charge in [0.2, 0.25) is 0 Å². The molecule has 0 saturated heterocycles. The number of hydrogen-bond acceptors (Lipinski definition) is 2. The van der Waals surface area contributed by atoms with Crippen LogP contribution in [0.2, 0.25) is 0 Å². The van der Waals surface area contributed by atoms with Crippen LogP contribution < -0.4 is 11.1 Å². The summed E-state index contributed by atoms with van der Waals surface area (Å²) < 4.78 is 0. The molecule has 3 N–H and O–H groups in total. The van der Waals surface area contributed by atoms with E-state index in [2.05, 4.69) is 43.4 Å². The van der Waals surface area contributed by atoms with Crippen LogP contribution in [-0.4, -0.2) is 12.6 Å². The molecule has 2 heteroatoms. The highest BCUT2D eigenvalue weighted by Gasteiger charge is 1.99. The molecule has 1 rings (SSSR count). The van der Waals surface area contributed by atoms with E-state index in [0.717, 1.165) is 19.4 Å². The first-order valence-corrected chi connectivity index (χ1v) is 5.31. The van der Waals surface area contributed by atoms with Crippen molar-refractivity contribution in [3.8, 4) is 0 Å². The second-order valence-corrected chi connectivity index (χ2v) is 3.67. The van der Waals surface area contributed by atoms with Crippen LogP contribution in [0.5, 0.6) is 0 Å². The molecule has 0 aliphatic carbocycles. The zero-order valence-corrected chi connectivity index (χ0v) is 9.09. The number of hydrogen-bond donors (Lipinski definition) is 2. The van der Waals surface area contributed by atoms with E-state index in [1.807, 2.05) is 0 Å². The lowest BCUT2D eigenvalue weighted by Gasteiger charge is -2.14. The van der Waals surface area contributed by atoms with Crippen LogP contribution in [0.4, 0.5) is 5.69 Å². The highest BCUT2D eigenvalue weighted by Crippen LogP contribution is 2.11. The van der Waals surface area contributed by atoms with Crippen LogP contribution in [0.1, 0.15) is 25.8 Å². The molecule has 0 amide bonds. The molecule has 0 spiro atoms. The quantitative estimate of drug-likeness (QED) is 0.751. The van der Waals surface area contributed by atoms with Gasteiger partial charge < -0.3 is 11.1 Å². The van der Waals surface area contributed by atoms with E-state index in [0.29, 0.717) is 6.04 Å². The van der Waals surface area contributed by atoms with Gasteiger partial charge in [-0.1, -0.05) is 19.1 Å². The van der Waals surface area contributed by atoms with E-state index in [1.54, 1.807) is 0 Å². The zero-order valence-electron chi connectivity index (χ0n) is 9.09. The molecule has 1 aromatic rings. The first-order valence-electron chi connectivity index (χ1n) is 5.31. The van der Waals surface area contributed by atoms with E-state index in [4.69, 9.17) is 5.73 Å². The summed E-state index contributed by atoms with van der Waals surface area (Å²) in [7, 11) is 0. The summed E-state index contributed by atoms with van der Waals surface area (Å²) >= 11 is 0. The Morgan fingerprint density at radius 1 is 1.29 bits per heavy atom. The largest absolute Gasteiger partial charge is 0.383 e. The molecule has 1 aromatic carbocycles. The van der Waals surface area contributed by atoms with Crippen molar-refractivity contribution in [2.45, 2.75) is 32.7 Å². The summed E-state index contributed by atoms with van der Waals surface area (Å²) in [6.07, 6.45) is 2.11. The highest BCUT2D eigenvalue weighted by molar-refractivity contribution is 5.45. The molecule has 0 aliphatic rings. The van der Waals surface area contributed by atoms with Crippen molar-refractivity contribution < 1.29 is 0 Å². The molecular weight excluding hydrogens is 172 g/mol. The van der Waals surface area contributed by atoms with Crippen molar-refractivity contribution in [1.82, 2.24) is 0 Å². The van der Waals surface area contributed by atoms with Crippen LogP contribution in [0, 0.1) is 0 Å². The number of nitrogens with one attached hydrogen (secondary N) is 1. The SMILES string of the molecule is CCc1ccc(NC(C)CCN)cc1. The van der Waals surface area contributed by atoms with Crippen LogP contribution >= 0.6 is 0 Å². The molecule has 2 nitrogen and oxygen atoms in total. The third-order valence-corrected chi connectivity index (χ3v) is 2.37. The average Bonchev–Trinajstić information content (AvgIpc) is 2.19. The number of aryl methyl sites for hydroxylation is 1. The Morgan fingerprint density at radius 2 is 1.93 bits per heavy atom. The second-order valence-electron chi connectivity index (χ2n) is 3.67. The van der Waals surface area contributed by atoms with E-state index < -0.39 is 0 Å². The van der Waals surface area contributed by atoms with Crippen LogP contribution in [0.25, 0.3) is 0 Å². The lowest BCUT2D eigenvalue weighted by Crippen LogP contribution is -2.19. The molecule has 0 saturated carbocycles. The van der Waals surface area contributed by atoms with Crippen molar-refractivity contribution in [3.05, 3.63) is 29.8 Å². The van der Waals surface area contributed by atoms with Crippen LogP contribution in [0.3, 0.4) is 0 Å². The maximum Gasteiger partial charge on any atom is 0.0342 e. The third-order valence-electron chi connectivity index (χ3n) is 2.37. The molecule has 1 atom stereocenters. The Kier molecular flexibility index (Phi) is 4.47. The Balaban J connectivity index is 2.50. The van der Waals surface area contributed by atoms with E-state index in [9.17, 15) is 0 Å². The van der Waals surface area contributed by atoms with E-state index in [-0.39, 0.29) is 0 Å². The number of benzene rings is 1. The Morgan fingerprint density at radius 3 is 2.43 bits per heavy atom. The van der Waals surface area contributed by atoms with E-state index >= 15 is 0 Å². The maximum atomic E-state index is 5.49. The molecule has 0 radical (unpaired) electrons. The van der Waals surface area contributed by atoms with Crippen molar-refractivity contribution in [1.29, 1.82) is 0 Å². The topological polar surface area (TPSA) is 38.0 Å². The zero-order chi connectivity index (χ0) is 10.4. The summed E-state index contributed by atoms with van der Waals surface area (Å²) in [4.78, 5) is 0. The first kappa shape index (κ1) is 11.1. The van der Waals surface area contributed by atoms with Gasteiger partial charge in [0.25, 0.3) is 0 Å². The van der Waals surface area contributed by atoms with Crippen molar-refractivity contribution in [3.63, 3.8) is 0 Å². The van der Waals surface area contributed by atoms with Gasteiger partial charge >= 0.3 is 0 Å². The maximum absolute atomic E-state index is 5.49. The van der Waals surface area contributed by atoms with Gasteiger partial charge in [-0.3, -0.25) is 0 Å². The Labute approximate surface area is 86.5 Å². The van der Waals surface area contributed by atoms with Crippen molar-refractivity contribution >= 4 is 5.69 Å². The van der Waals surface area contributed by atoms with Gasteiger partial charge in [-0.15, -0.1) is 0 Å². The van der Waals surface area contributed by atoms with Gasteiger partial charge in [-0.2, -0.15) is 0 Å². The summed E-state index contributed by atoms with van der Waals surface area (Å²) in [6, 6.07) is 9.04.